The van der Waals surface area contributed by atoms with Gasteiger partial charge in [0, 0.05) is 25.7 Å². The van der Waals surface area contributed by atoms with E-state index in [1.807, 2.05) is 0 Å². The number of hydrogen-bond donors (Lipinski definition) is 1. The van der Waals surface area contributed by atoms with E-state index in [1.165, 1.54) is 12.8 Å². The Kier molecular flexibility index (Phi) is 3.59. The van der Waals surface area contributed by atoms with Crippen molar-refractivity contribution in [3.8, 4) is 0 Å². The van der Waals surface area contributed by atoms with Crippen LogP contribution in [0.25, 0.3) is 0 Å². The quantitative estimate of drug-likeness (QED) is 0.710. The second-order valence-corrected chi connectivity index (χ2v) is 7.32. The first-order valence-corrected chi connectivity index (χ1v) is 8.11. The molecular formula is C11H20N2O4S. The number of ether oxygens (including phenoxy) is 2. The molecule has 3 rings (SSSR count). The van der Waals surface area contributed by atoms with Crippen molar-refractivity contribution in [3.05, 3.63) is 0 Å². The van der Waals surface area contributed by atoms with Gasteiger partial charge in [-0.2, -0.15) is 0 Å². The number of morpholine rings is 1. The summed E-state index contributed by atoms with van der Waals surface area (Å²) in [6, 6.07) is 0.716. The van der Waals surface area contributed by atoms with Crippen LogP contribution in [0.4, 0.5) is 0 Å². The number of nitrogens with zero attached hydrogens (tertiary/aromatic N) is 1. The smallest absolute Gasteiger partial charge is 0.219 e. The van der Waals surface area contributed by atoms with E-state index in [2.05, 4.69) is 9.62 Å². The van der Waals surface area contributed by atoms with E-state index in [9.17, 15) is 8.42 Å². The lowest BCUT2D eigenvalue weighted by Crippen LogP contribution is -2.52. The zero-order chi connectivity index (χ0) is 12.6. The molecule has 1 N–H and O–H groups in total. The van der Waals surface area contributed by atoms with Crippen molar-refractivity contribution < 1.29 is 17.9 Å². The van der Waals surface area contributed by atoms with Crippen LogP contribution in [0.15, 0.2) is 0 Å². The first-order chi connectivity index (χ1) is 8.65. The molecule has 7 heteroatoms. The van der Waals surface area contributed by atoms with Crippen molar-refractivity contribution >= 4 is 10.0 Å². The predicted molar refractivity (Wildman–Crippen MR) is 65.9 cm³/mol. The Morgan fingerprint density at radius 3 is 2.67 bits per heavy atom. The SMILES string of the molecule is O=S(=O)(NCC1CN(C2CC2)CCO1)C1COC1. The van der Waals surface area contributed by atoms with E-state index >= 15 is 0 Å². The molecule has 2 saturated heterocycles. The summed E-state index contributed by atoms with van der Waals surface area (Å²) in [5, 5.41) is -0.374. The molecule has 104 valence electrons. The molecule has 1 unspecified atom stereocenters. The van der Waals surface area contributed by atoms with E-state index in [0.717, 1.165) is 13.1 Å². The maximum atomic E-state index is 11.8. The van der Waals surface area contributed by atoms with Gasteiger partial charge in [0.1, 0.15) is 5.25 Å². The predicted octanol–water partition coefficient (Wildman–Crippen LogP) is -0.832. The minimum atomic E-state index is -3.22. The van der Waals surface area contributed by atoms with Crippen molar-refractivity contribution in [2.24, 2.45) is 0 Å². The van der Waals surface area contributed by atoms with E-state index in [4.69, 9.17) is 9.47 Å². The van der Waals surface area contributed by atoms with Gasteiger partial charge < -0.3 is 9.47 Å². The highest BCUT2D eigenvalue weighted by molar-refractivity contribution is 7.90. The molecule has 0 aromatic carbocycles. The largest absolute Gasteiger partial charge is 0.378 e. The van der Waals surface area contributed by atoms with E-state index < -0.39 is 10.0 Å². The van der Waals surface area contributed by atoms with Gasteiger partial charge >= 0.3 is 0 Å². The molecule has 2 heterocycles. The van der Waals surface area contributed by atoms with Crippen LogP contribution in [0, 0.1) is 0 Å². The van der Waals surface area contributed by atoms with Gasteiger partial charge in [0.15, 0.2) is 0 Å². The zero-order valence-electron chi connectivity index (χ0n) is 10.4. The fourth-order valence-corrected chi connectivity index (χ4v) is 3.56. The highest BCUT2D eigenvalue weighted by atomic mass is 32.2. The van der Waals surface area contributed by atoms with Gasteiger partial charge in [0.25, 0.3) is 0 Å². The Labute approximate surface area is 108 Å². The molecule has 0 amide bonds. The number of nitrogens with one attached hydrogen (secondary N) is 1. The minimum Gasteiger partial charge on any atom is -0.378 e. The van der Waals surface area contributed by atoms with Crippen LogP contribution < -0.4 is 4.72 Å². The molecule has 0 radical (unpaired) electrons. The minimum absolute atomic E-state index is 0.0184. The Morgan fingerprint density at radius 2 is 2.06 bits per heavy atom. The number of rotatable bonds is 5. The highest BCUT2D eigenvalue weighted by Crippen LogP contribution is 2.28. The van der Waals surface area contributed by atoms with Crippen LogP contribution >= 0.6 is 0 Å². The normalized spacial score (nSPS) is 31.2. The Morgan fingerprint density at radius 1 is 1.28 bits per heavy atom. The van der Waals surface area contributed by atoms with Crippen molar-refractivity contribution in [1.82, 2.24) is 9.62 Å². The third-order valence-corrected chi connectivity index (χ3v) is 5.51. The first-order valence-electron chi connectivity index (χ1n) is 6.57. The summed E-state index contributed by atoms with van der Waals surface area (Å²) >= 11 is 0. The van der Waals surface area contributed by atoms with Crippen molar-refractivity contribution in [2.45, 2.75) is 30.2 Å². The summed E-state index contributed by atoms with van der Waals surface area (Å²) < 4.78 is 36.8. The van der Waals surface area contributed by atoms with Gasteiger partial charge in [-0.15, -0.1) is 0 Å². The molecule has 18 heavy (non-hydrogen) atoms. The second-order valence-electron chi connectivity index (χ2n) is 5.27. The summed E-state index contributed by atoms with van der Waals surface area (Å²) in [5.74, 6) is 0. The van der Waals surface area contributed by atoms with Gasteiger partial charge in [-0.3, -0.25) is 4.90 Å². The van der Waals surface area contributed by atoms with Crippen LogP contribution in [0.5, 0.6) is 0 Å². The highest BCUT2D eigenvalue weighted by Gasteiger charge is 2.35. The Bertz CT molecular complexity index is 392. The van der Waals surface area contributed by atoms with Gasteiger partial charge in [-0.1, -0.05) is 0 Å². The third kappa shape index (κ3) is 2.85. The summed E-state index contributed by atoms with van der Waals surface area (Å²) in [6.07, 6.45) is 2.53. The van der Waals surface area contributed by atoms with Crippen molar-refractivity contribution in [2.75, 3.05) is 39.5 Å². The lowest BCUT2D eigenvalue weighted by Gasteiger charge is -2.33. The zero-order valence-corrected chi connectivity index (χ0v) is 11.2. The topological polar surface area (TPSA) is 67.9 Å². The molecular weight excluding hydrogens is 256 g/mol. The molecule has 0 aromatic heterocycles. The Balaban J connectivity index is 1.47. The standard InChI is InChI=1S/C11H20N2O4S/c14-18(15,11-7-16-8-11)12-5-10-6-13(3-4-17-10)9-1-2-9/h9-12H,1-8H2. The molecule has 6 nitrogen and oxygen atoms in total. The molecule has 1 aliphatic carbocycles. The number of hydrogen-bond acceptors (Lipinski definition) is 5. The Hall–Kier alpha value is -0.210. The summed E-state index contributed by atoms with van der Waals surface area (Å²) in [4.78, 5) is 2.41. The van der Waals surface area contributed by atoms with Crippen LogP contribution in [0.1, 0.15) is 12.8 Å². The summed E-state index contributed by atoms with van der Waals surface area (Å²) in [5.41, 5.74) is 0. The average Bonchev–Trinajstić information content (AvgIpc) is 3.08. The molecule has 3 aliphatic rings. The fraction of sp³-hybridized carbons (Fsp3) is 1.00. The molecule has 0 bridgehead atoms. The third-order valence-electron chi connectivity index (χ3n) is 3.79. The first kappa shape index (κ1) is 12.8. The maximum absolute atomic E-state index is 11.8. The molecule has 0 aromatic rings. The van der Waals surface area contributed by atoms with Crippen molar-refractivity contribution in [3.63, 3.8) is 0 Å². The molecule has 1 atom stereocenters. The second kappa shape index (κ2) is 5.05. The lowest BCUT2D eigenvalue weighted by molar-refractivity contribution is -0.0280. The molecule has 0 spiro atoms. The van der Waals surface area contributed by atoms with Crippen molar-refractivity contribution in [1.29, 1.82) is 0 Å². The lowest BCUT2D eigenvalue weighted by atomic mass is 10.2. The van der Waals surface area contributed by atoms with Gasteiger partial charge in [-0.05, 0) is 12.8 Å². The molecule has 1 saturated carbocycles. The van der Waals surface area contributed by atoms with Crippen LogP contribution in [-0.2, 0) is 19.5 Å². The van der Waals surface area contributed by atoms with E-state index in [1.54, 1.807) is 0 Å². The number of sulfonamides is 1. The van der Waals surface area contributed by atoms with Crippen LogP contribution in [0.2, 0.25) is 0 Å². The maximum Gasteiger partial charge on any atom is 0.219 e. The van der Waals surface area contributed by atoms with Crippen LogP contribution in [0.3, 0.4) is 0 Å². The summed E-state index contributed by atoms with van der Waals surface area (Å²) in [7, 11) is -3.22. The molecule has 3 fully saturated rings. The van der Waals surface area contributed by atoms with E-state index in [-0.39, 0.29) is 11.4 Å². The van der Waals surface area contributed by atoms with Gasteiger partial charge in [-0.25, -0.2) is 13.1 Å². The summed E-state index contributed by atoms with van der Waals surface area (Å²) in [6.45, 7) is 3.53. The van der Waals surface area contributed by atoms with Gasteiger partial charge in [0.05, 0.1) is 25.9 Å². The van der Waals surface area contributed by atoms with Crippen LogP contribution in [-0.4, -0.2) is 70.2 Å². The monoisotopic (exact) mass is 276 g/mol. The average molecular weight is 276 g/mol. The fourth-order valence-electron chi connectivity index (χ4n) is 2.36. The van der Waals surface area contributed by atoms with Gasteiger partial charge in [0.2, 0.25) is 10.0 Å². The van der Waals surface area contributed by atoms with E-state index in [0.29, 0.717) is 32.4 Å². The molecule has 2 aliphatic heterocycles.